The monoisotopic (exact) mass is 545 g/mol. The number of hydrogen-bond acceptors (Lipinski definition) is 5. The largest absolute Gasteiger partial charge is 0.490 e. The first kappa shape index (κ1) is 28.9. The maximum absolute atomic E-state index is 11.6. The maximum Gasteiger partial charge on any atom is 0.490 e. The number of carboxylic acid groups (broad SMARTS) is 2. The maximum atomic E-state index is 11.6. The molecule has 0 radical (unpaired) electrons. The van der Waals surface area contributed by atoms with Crippen LogP contribution in [0.1, 0.15) is 48.6 Å². The van der Waals surface area contributed by atoms with Crippen molar-refractivity contribution in [2.24, 2.45) is 7.05 Å². The lowest BCUT2D eigenvalue weighted by Crippen LogP contribution is -2.57. The molecular formula is C25H31ClF3N3O5. The number of alkyl halides is 3. The predicted octanol–water partition coefficient (Wildman–Crippen LogP) is 4.44. The zero-order chi connectivity index (χ0) is 27.3. The Balaban J connectivity index is 0.000000479. The molecule has 4 rings (SSSR count). The molecule has 1 aromatic heterocycles. The minimum absolute atomic E-state index is 0.181. The van der Waals surface area contributed by atoms with Crippen LogP contribution in [-0.4, -0.2) is 74.3 Å². The second kappa shape index (κ2) is 12.3. The summed E-state index contributed by atoms with van der Waals surface area (Å²) in [5, 5.41) is 22.0. The molecule has 0 spiro atoms. The van der Waals surface area contributed by atoms with E-state index in [2.05, 4.69) is 23.0 Å². The van der Waals surface area contributed by atoms with Gasteiger partial charge in [-0.3, -0.25) is 9.58 Å². The Morgan fingerprint density at radius 1 is 1.14 bits per heavy atom. The Hall–Kier alpha value is -2.63. The van der Waals surface area contributed by atoms with E-state index in [0.717, 1.165) is 37.1 Å². The van der Waals surface area contributed by atoms with Gasteiger partial charge in [0.1, 0.15) is 0 Å². The number of carboxylic acids is 2. The number of ether oxygens (including phenoxy) is 1. The van der Waals surface area contributed by atoms with Crippen molar-refractivity contribution >= 4 is 23.5 Å². The predicted molar refractivity (Wildman–Crippen MR) is 130 cm³/mol. The molecule has 2 aliphatic rings. The van der Waals surface area contributed by atoms with E-state index in [1.54, 1.807) is 0 Å². The highest BCUT2D eigenvalue weighted by atomic mass is 35.5. The number of aryl methyl sites for hydroxylation is 2. The first-order valence-corrected chi connectivity index (χ1v) is 12.4. The SMILES string of the molecule is Cc1cc(C2CCC(N3C[C@H](C(=O)O)OC[C@@H]3Cc3ccc(Cl)cc3)CC2)nn1C.O=C(O)C(F)(F)F. The molecule has 204 valence electrons. The standard InChI is InChI=1S/C23H30ClN3O3.C2HF3O2/c1-15-11-21(25-26(15)2)17-5-9-19(10-6-17)27-13-22(23(28)29)30-14-20(27)12-16-3-7-18(24)8-4-16;3-2(4,5)1(6)7/h3-4,7-8,11,17,19-20,22H,5-6,9-10,12-14H2,1-2H3,(H,28,29);(H,6,7)/t17?,19?,20-,22+;/m0./s1. The summed E-state index contributed by atoms with van der Waals surface area (Å²) < 4.78 is 39.4. The second-order valence-electron chi connectivity index (χ2n) is 9.48. The van der Waals surface area contributed by atoms with Crippen molar-refractivity contribution in [2.45, 2.75) is 69.3 Å². The van der Waals surface area contributed by atoms with E-state index >= 15 is 0 Å². The molecule has 1 saturated heterocycles. The fraction of sp³-hybridized carbons (Fsp3) is 0.560. The fourth-order valence-corrected chi connectivity index (χ4v) is 5.00. The van der Waals surface area contributed by atoms with Gasteiger partial charge in [-0.1, -0.05) is 23.7 Å². The molecule has 0 unspecified atom stereocenters. The van der Waals surface area contributed by atoms with Gasteiger partial charge in [-0.15, -0.1) is 0 Å². The highest BCUT2D eigenvalue weighted by Gasteiger charge is 2.39. The summed E-state index contributed by atoms with van der Waals surface area (Å²) >= 11 is 6.03. The van der Waals surface area contributed by atoms with Crippen LogP contribution in [0.3, 0.4) is 0 Å². The van der Waals surface area contributed by atoms with Crippen LogP contribution in [0.2, 0.25) is 5.02 Å². The van der Waals surface area contributed by atoms with Gasteiger partial charge >= 0.3 is 18.1 Å². The van der Waals surface area contributed by atoms with Gasteiger partial charge in [0, 0.05) is 42.3 Å². The molecule has 1 saturated carbocycles. The summed E-state index contributed by atoms with van der Waals surface area (Å²) in [7, 11) is 1.99. The van der Waals surface area contributed by atoms with E-state index in [4.69, 9.17) is 26.2 Å². The molecule has 1 aliphatic heterocycles. The van der Waals surface area contributed by atoms with Crippen LogP contribution in [0.15, 0.2) is 30.3 Å². The van der Waals surface area contributed by atoms with E-state index in [-0.39, 0.29) is 6.04 Å². The number of aliphatic carboxylic acids is 2. The molecule has 2 N–H and O–H groups in total. The lowest BCUT2D eigenvalue weighted by Gasteiger charge is -2.45. The fourth-order valence-electron chi connectivity index (χ4n) is 4.87. The number of hydrogen-bond donors (Lipinski definition) is 2. The highest BCUT2D eigenvalue weighted by Crippen LogP contribution is 2.36. The van der Waals surface area contributed by atoms with Crippen LogP contribution in [-0.2, 0) is 27.8 Å². The third kappa shape index (κ3) is 7.93. The number of halogens is 4. The molecule has 1 aliphatic carbocycles. The van der Waals surface area contributed by atoms with Crippen molar-refractivity contribution in [3.05, 3.63) is 52.3 Å². The van der Waals surface area contributed by atoms with Gasteiger partial charge in [-0.05, 0) is 62.8 Å². The summed E-state index contributed by atoms with van der Waals surface area (Å²) in [6.07, 6.45) is -0.702. The number of morpholine rings is 1. The minimum Gasteiger partial charge on any atom is -0.479 e. The molecule has 0 bridgehead atoms. The second-order valence-corrected chi connectivity index (χ2v) is 9.92. The summed E-state index contributed by atoms with van der Waals surface area (Å²) in [6, 6.07) is 10.7. The van der Waals surface area contributed by atoms with Crippen LogP contribution in [0.25, 0.3) is 0 Å². The third-order valence-electron chi connectivity index (χ3n) is 6.95. The molecule has 37 heavy (non-hydrogen) atoms. The molecule has 1 aromatic carbocycles. The lowest BCUT2D eigenvalue weighted by molar-refractivity contribution is -0.192. The molecule has 2 fully saturated rings. The Morgan fingerprint density at radius 2 is 1.73 bits per heavy atom. The Morgan fingerprint density at radius 3 is 2.22 bits per heavy atom. The molecule has 2 aromatic rings. The van der Waals surface area contributed by atoms with Gasteiger partial charge in [0.2, 0.25) is 0 Å². The van der Waals surface area contributed by atoms with E-state index in [9.17, 15) is 23.1 Å². The summed E-state index contributed by atoms with van der Waals surface area (Å²) in [5.41, 5.74) is 3.58. The summed E-state index contributed by atoms with van der Waals surface area (Å²) in [6.45, 7) is 2.98. The minimum atomic E-state index is -5.08. The van der Waals surface area contributed by atoms with Crippen molar-refractivity contribution in [3.8, 4) is 0 Å². The van der Waals surface area contributed by atoms with Gasteiger partial charge < -0.3 is 14.9 Å². The van der Waals surface area contributed by atoms with Crippen LogP contribution < -0.4 is 0 Å². The molecule has 12 heteroatoms. The van der Waals surface area contributed by atoms with Crippen molar-refractivity contribution in [3.63, 3.8) is 0 Å². The summed E-state index contributed by atoms with van der Waals surface area (Å²) in [5.74, 6) is -3.14. The van der Waals surface area contributed by atoms with E-state index in [1.165, 1.54) is 17.0 Å². The van der Waals surface area contributed by atoms with E-state index < -0.39 is 24.2 Å². The molecule has 2 atom stereocenters. The number of rotatable bonds is 5. The zero-order valence-corrected chi connectivity index (χ0v) is 21.4. The number of nitrogens with zero attached hydrogens (tertiary/aromatic N) is 3. The zero-order valence-electron chi connectivity index (χ0n) is 20.6. The van der Waals surface area contributed by atoms with Gasteiger partial charge in [0.05, 0.1) is 12.3 Å². The van der Waals surface area contributed by atoms with Crippen molar-refractivity contribution in [1.29, 1.82) is 0 Å². The van der Waals surface area contributed by atoms with Crippen LogP contribution in [0.4, 0.5) is 13.2 Å². The average molecular weight is 546 g/mol. The Labute approximate surface area is 218 Å². The van der Waals surface area contributed by atoms with Gasteiger partial charge in [0.25, 0.3) is 0 Å². The quantitative estimate of drug-likeness (QED) is 0.572. The number of benzene rings is 1. The van der Waals surface area contributed by atoms with Crippen molar-refractivity contribution < 1.29 is 37.7 Å². The molecule has 0 amide bonds. The molecular weight excluding hydrogens is 515 g/mol. The van der Waals surface area contributed by atoms with Crippen molar-refractivity contribution in [2.75, 3.05) is 13.2 Å². The van der Waals surface area contributed by atoms with Crippen LogP contribution in [0.5, 0.6) is 0 Å². The van der Waals surface area contributed by atoms with Crippen LogP contribution in [0, 0.1) is 6.92 Å². The third-order valence-corrected chi connectivity index (χ3v) is 7.21. The Kier molecular flexibility index (Phi) is 9.60. The summed E-state index contributed by atoms with van der Waals surface area (Å²) in [4.78, 5) is 22.9. The smallest absolute Gasteiger partial charge is 0.479 e. The molecule has 8 nitrogen and oxygen atoms in total. The topological polar surface area (TPSA) is 105 Å². The van der Waals surface area contributed by atoms with Crippen molar-refractivity contribution in [1.82, 2.24) is 14.7 Å². The lowest BCUT2D eigenvalue weighted by atomic mass is 9.82. The van der Waals surface area contributed by atoms with E-state index in [1.807, 2.05) is 36.0 Å². The average Bonchev–Trinajstić information content (AvgIpc) is 3.18. The van der Waals surface area contributed by atoms with Gasteiger partial charge in [-0.2, -0.15) is 18.3 Å². The van der Waals surface area contributed by atoms with Crippen LogP contribution >= 0.6 is 11.6 Å². The normalized spacial score (nSPS) is 24.7. The van der Waals surface area contributed by atoms with E-state index in [0.29, 0.717) is 25.1 Å². The number of aromatic nitrogens is 2. The first-order chi connectivity index (χ1) is 17.3. The Bertz CT molecular complexity index is 1050. The van der Waals surface area contributed by atoms with Gasteiger partial charge in [0.15, 0.2) is 6.10 Å². The first-order valence-electron chi connectivity index (χ1n) is 12.0. The molecule has 2 heterocycles. The number of carbonyl (C=O) groups is 2. The van der Waals surface area contributed by atoms with Gasteiger partial charge in [-0.25, -0.2) is 9.59 Å². The highest BCUT2D eigenvalue weighted by molar-refractivity contribution is 6.30.